The summed E-state index contributed by atoms with van der Waals surface area (Å²) < 4.78 is 46.6. The average molecular weight is 588 g/mol. The Morgan fingerprint density at radius 2 is 1.87 bits per heavy atom. The van der Waals surface area contributed by atoms with E-state index in [1.807, 2.05) is 28.9 Å². The highest BCUT2D eigenvalue weighted by atomic mass is 79.9. The van der Waals surface area contributed by atoms with Crippen LogP contribution in [0.2, 0.25) is 0 Å². The Morgan fingerprint density at radius 1 is 1.05 bits per heavy atom. The highest BCUT2D eigenvalue weighted by molar-refractivity contribution is 9.10. The topological polar surface area (TPSA) is 75.4 Å². The molecule has 0 radical (unpaired) electrons. The van der Waals surface area contributed by atoms with Crippen molar-refractivity contribution in [3.8, 4) is 11.3 Å². The second-order valence-corrected chi connectivity index (χ2v) is 10.1. The molecule has 1 amide bonds. The van der Waals surface area contributed by atoms with E-state index in [4.69, 9.17) is 9.51 Å². The van der Waals surface area contributed by atoms with Crippen molar-refractivity contribution in [2.45, 2.75) is 32.4 Å². The molecular weight excluding hydrogens is 563 g/mol. The Morgan fingerprint density at radius 3 is 2.63 bits per heavy atom. The van der Waals surface area contributed by atoms with E-state index in [1.165, 1.54) is 6.07 Å². The van der Waals surface area contributed by atoms with Crippen molar-refractivity contribution in [1.82, 2.24) is 20.0 Å². The third kappa shape index (κ3) is 5.38. The van der Waals surface area contributed by atoms with Gasteiger partial charge in [-0.3, -0.25) is 4.79 Å². The summed E-state index contributed by atoms with van der Waals surface area (Å²) >= 11 is 3.42. The summed E-state index contributed by atoms with van der Waals surface area (Å²) in [6.45, 7) is 4.14. The van der Waals surface area contributed by atoms with E-state index >= 15 is 0 Å². The van der Waals surface area contributed by atoms with E-state index in [9.17, 15) is 18.0 Å². The van der Waals surface area contributed by atoms with E-state index in [0.29, 0.717) is 61.6 Å². The quantitative estimate of drug-likeness (QED) is 0.270. The molecule has 5 rings (SSSR count). The van der Waals surface area contributed by atoms with Crippen molar-refractivity contribution in [3.05, 3.63) is 70.0 Å². The molecule has 198 valence electrons. The molecule has 3 heterocycles. The predicted octanol–water partition coefficient (Wildman–Crippen LogP) is 6.37. The Labute approximate surface area is 225 Å². The van der Waals surface area contributed by atoms with Gasteiger partial charge in [0.15, 0.2) is 0 Å². The van der Waals surface area contributed by atoms with Crippen LogP contribution in [0.3, 0.4) is 0 Å². The maximum Gasteiger partial charge on any atom is 0.416 e. The first-order valence-electron chi connectivity index (χ1n) is 12.4. The maximum atomic E-state index is 13.4. The minimum Gasteiger partial charge on any atom is -0.354 e. The molecule has 1 saturated heterocycles. The van der Waals surface area contributed by atoms with Gasteiger partial charge in [0.2, 0.25) is 0 Å². The number of benzene rings is 2. The summed E-state index contributed by atoms with van der Waals surface area (Å²) in [5.41, 5.74) is 0.599. The van der Waals surface area contributed by atoms with Gasteiger partial charge in [-0.2, -0.15) is 18.2 Å². The largest absolute Gasteiger partial charge is 0.416 e. The highest BCUT2D eigenvalue weighted by Gasteiger charge is 2.32. The number of rotatable bonds is 5. The molecule has 0 aliphatic carbocycles. The van der Waals surface area contributed by atoms with E-state index in [1.54, 1.807) is 18.2 Å². The summed E-state index contributed by atoms with van der Waals surface area (Å²) in [4.78, 5) is 26.3. The zero-order valence-corrected chi connectivity index (χ0v) is 22.2. The SMILES string of the molecule is CCCc1nc(N2CCCN(C(=O)c3cccc(Br)c3)CC2)c2c(-c3cccc(C(F)(F)F)c3)noc2n1. The molecule has 4 aromatic rings. The molecule has 0 atom stereocenters. The fourth-order valence-electron chi connectivity index (χ4n) is 4.62. The summed E-state index contributed by atoms with van der Waals surface area (Å²) in [6, 6.07) is 12.3. The number of aromatic nitrogens is 3. The zero-order chi connectivity index (χ0) is 26.9. The molecule has 1 aliphatic heterocycles. The first kappa shape index (κ1) is 26.1. The van der Waals surface area contributed by atoms with Gasteiger partial charge in [0.05, 0.1) is 5.56 Å². The molecule has 2 aromatic heterocycles. The van der Waals surface area contributed by atoms with Gasteiger partial charge in [0.1, 0.15) is 22.7 Å². The van der Waals surface area contributed by atoms with E-state index < -0.39 is 11.7 Å². The van der Waals surface area contributed by atoms with Crippen LogP contribution < -0.4 is 4.90 Å². The number of hydrogen-bond donors (Lipinski definition) is 0. The number of hydrogen-bond acceptors (Lipinski definition) is 6. The van der Waals surface area contributed by atoms with E-state index in [0.717, 1.165) is 23.0 Å². The smallest absolute Gasteiger partial charge is 0.354 e. The van der Waals surface area contributed by atoms with E-state index in [-0.39, 0.29) is 22.9 Å². The van der Waals surface area contributed by atoms with Gasteiger partial charge in [0, 0.05) is 48.2 Å². The molecule has 7 nitrogen and oxygen atoms in total. The van der Waals surface area contributed by atoms with Crippen LogP contribution in [0.5, 0.6) is 0 Å². The molecule has 38 heavy (non-hydrogen) atoms. The molecule has 2 aromatic carbocycles. The summed E-state index contributed by atoms with van der Waals surface area (Å²) in [6.07, 6.45) is -2.37. The number of alkyl halides is 3. The molecule has 1 aliphatic rings. The molecule has 0 saturated carbocycles. The van der Waals surface area contributed by atoms with Crippen LogP contribution in [0, 0.1) is 0 Å². The average Bonchev–Trinajstić information content (AvgIpc) is 3.16. The lowest BCUT2D eigenvalue weighted by molar-refractivity contribution is -0.137. The number of anilines is 1. The first-order chi connectivity index (χ1) is 18.2. The first-order valence-corrected chi connectivity index (χ1v) is 13.2. The number of carbonyl (C=O) groups excluding carboxylic acids is 1. The minimum absolute atomic E-state index is 0.0534. The standard InChI is InChI=1S/C27H25BrF3N5O2/c1-2-6-21-32-24(35-11-5-12-36(14-13-35)26(37)18-8-4-10-20(28)16-18)22-23(34-38-25(22)33-21)17-7-3-9-19(15-17)27(29,30)31/h3-4,7-10,15-16H,2,5-6,11-14H2,1H3. The van der Waals surface area contributed by atoms with Gasteiger partial charge in [-0.25, -0.2) is 4.98 Å². The van der Waals surface area contributed by atoms with Crippen molar-refractivity contribution in [1.29, 1.82) is 0 Å². The fourth-order valence-corrected chi connectivity index (χ4v) is 5.02. The monoisotopic (exact) mass is 587 g/mol. The van der Waals surface area contributed by atoms with Gasteiger partial charge in [-0.15, -0.1) is 0 Å². The maximum absolute atomic E-state index is 13.4. The summed E-state index contributed by atoms with van der Waals surface area (Å²) in [5, 5.41) is 4.59. The number of amides is 1. The summed E-state index contributed by atoms with van der Waals surface area (Å²) in [7, 11) is 0. The Bertz CT molecular complexity index is 1470. The Kier molecular flexibility index (Phi) is 7.38. The van der Waals surface area contributed by atoms with Crippen molar-refractivity contribution >= 4 is 38.8 Å². The molecule has 0 N–H and O–H groups in total. The Hall–Kier alpha value is -3.47. The number of fused-ring (bicyclic) bond motifs is 1. The van der Waals surface area contributed by atoms with Crippen LogP contribution in [0.25, 0.3) is 22.4 Å². The fraction of sp³-hybridized carbons (Fsp3) is 0.333. The third-order valence-corrected chi connectivity index (χ3v) is 6.95. The normalized spacial score (nSPS) is 14.7. The van der Waals surface area contributed by atoms with Gasteiger partial charge in [0.25, 0.3) is 11.6 Å². The van der Waals surface area contributed by atoms with Crippen LogP contribution in [-0.4, -0.2) is 52.1 Å². The van der Waals surface area contributed by atoms with Crippen LogP contribution in [0.15, 0.2) is 57.5 Å². The van der Waals surface area contributed by atoms with E-state index in [2.05, 4.69) is 26.1 Å². The van der Waals surface area contributed by atoms with Crippen LogP contribution >= 0.6 is 15.9 Å². The second-order valence-electron chi connectivity index (χ2n) is 9.15. The number of halogens is 4. The second kappa shape index (κ2) is 10.7. The molecule has 0 unspecified atom stereocenters. The van der Waals surface area contributed by atoms with Crippen molar-refractivity contribution in [2.24, 2.45) is 0 Å². The Balaban J connectivity index is 1.51. The lowest BCUT2D eigenvalue weighted by Gasteiger charge is -2.24. The molecule has 0 bridgehead atoms. The molecule has 11 heteroatoms. The predicted molar refractivity (Wildman–Crippen MR) is 141 cm³/mol. The molecule has 0 spiro atoms. The van der Waals surface area contributed by atoms with Crippen molar-refractivity contribution < 1.29 is 22.5 Å². The molecular formula is C27H25BrF3N5O2. The molecule has 1 fully saturated rings. The number of nitrogens with zero attached hydrogens (tertiary/aromatic N) is 5. The van der Waals surface area contributed by atoms with Crippen molar-refractivity contribution in [3.63, 3.8) is 0 Å². The lowest BCUT2D eigenvalue weighted by Crippen LogP contribution is -2.35. The van der Waals surface area contributed by atoms with Crippen LogP contribution in [-0.2, 0) is 12.6 Å². The lowest BCUT2D eigenvalue weighted by atomic mass is 10.1. The van der Waals surface area contributed by atoms with Gasteiger partial charge >= 0.3 is 6.18 Å². The summed E-state index contributed by atoms with van der Waals surface area (Å²) in [5.74, 6) is 1.08. The van der Waals surface area contributed by atoms with Gasteiger partial charge < -0.3 is 14.3 Å². The van der Waals surface area contributed by atoms with Crippen molar-refractivity contribution in [2.75, 3.05) is 31.1 Å². The zero-order valence-electron chi connectivity index (χ0n) is 20.6. The van der Waals surface area contributed by atoms with Crippen LogP contribution in [0.1, 0.15) is 41.5 Å². The highest BCUT2D eigenvalue weighted by Crippen LogP contribution is 2.37. The van der Waals surface area contributed by atoms with Gasteiger partial charge in [-0.1, -0.05) is 46.2 Å². The third-order valence-electron chi connectivity index (χ3n) is 6.45. The number of aryl methyl sites for hydroxylation is 1. The van der Waals surface area contributed by atoms with Gasteiger partial charge in [-0.05, 0) is 43.2 Å². The van der Waals surface area contributed by atoms with Crippen LogP contribution in [0.4, 0.5) is 19.0 Å². The number of carbonyl (C=O) groups is 1. The minimum atomic E-state index is -4.49.